The zero-order valence-corrected chi connectivity index (χ0v) is 52.1. The summed E-state index contributed by atoms with van der Waals surface area (Å²) in [7, 11) is 0. The maximum Gasteiger partial charge on any atom is 0.268 e. The second-order valence-electron chi connectivity index (χ2n) is 26.5. The van der Waals surface area contributed by atoms with Crippen LogP contribution >= 0.6 is 0 Å². The molecule has 4 heterocycles. The second kappa shape index (κ2) is 20.6. The molecule has 0 atom stereocenters. The molecule has 0 fully saturated rings. The first kappa shape index (κ1) is 49.3. The Bertz CT molecular complexity index is 4780. The van der Waals surface area contributed by atoms with Crippen LogP contribution in [0, 0.1) is 32.2 Å². The average Bonchev–Trinajstić information content (AvgIpc) is 1.50. The number of imidazole rings is 1. The number of hydrogen-bond donors (Lipinski definition) is 0. The van der Waals surface area contributed by atoms with E-state index in [0.717, 1.165) is 94.4 Å². The molecule has 0 saturated carbocycles. The minimum atomic E-state index is -2.63. The molecule has 422 valence electrons. The number of nitrogens with zero attached hydrogens (tertiary/aromatic N) is 4. The van der Waals surface area contributed by atoms with Gasteiger partial charge in [-0.2, -0.15) is 18.2 Å². The third-order valence-electron chi connectivity index (χ3n) is 16.6. The quantitative estimate of drug-likeness (QED) is 0.123. The summed E-state index contributed by atoms with van der Waals surface area (Å²) in [6.07, 6.45) is 5.85. The monoisotopic (exact) mass is 1280 g/mol. The molecule has 3 aromatic heterocycles. The van der Waals surface area contributed by atoms with Gasteiger partial charge in [-0.1, -0.05) is 204 Å². The normalized spacial score (nSPS) is 13.9. The Morgan fingerprint density at radius 1 is 0.476 bits per heavy atom. The number of aryl methyl sites for hydroxylation is 2. The number of pyridine rings is 1. The van der Waals surface area contributed by atoms with E-state index in [1.54, 1.807) is 6.07 Å². The molecular formula is C78H72N4OPt-2. The van der Waals surface area contributed by atoms with Crippen molar-refractivity contribution in [1.29, 1.82) is 0 Å². The van der Waals surface area contributed by atoms with Gasteiger partial charge < -0.3 is 13.9 Å². The fraction of sp³-hybridized carbons (Fsp3) is 0.231. The molecule has 5 nitrogen and oxygen atoms in total. The van der Waals surface area contributed by atoms with Gasteiger partial charge in [-0.05, 0) is 166 Å². The Hall–Kier alpha value is -8.11. The molecule has 0 aliphatic carbocycles. The van der Waals surface area contributed by atoms with Gasteiger partial charge in [0, 0.05) is 52.5 Å². The maximum atomic E-state index is 8.84. The van der Waals surface area contributed by atoms with Gasteiger partial charge in [0.25, 0.3) is 6.33 Å². The molecule has 0 saturated heterocycles. The molecule has 84 heavy (non-hydrogen) atoms. The van der Waals surface area contributed by atoms with Crippen molar-refractivity contribution in [2.45, 2.75) is 118 Å². The Kier molecular flexibility index (Phi) is 12.1. The minimum absolute atomic E-state index is 0. The number of benzene rings is 9. The largest absolute Gasteiger partial charge is 0.510 e. The van der Waals surface area contributed by atoms with Crippen molar-refractivity contribution >= 4 is 32.8 Å². The van der Waals surface area contributed by atoms with Crippen LogP contribution in [0.2, 0.25) is 0 Å². The molecule has 0 amide bonds. The smallest absolute Gasteiger partial charge is 0.268 e. The topological polar surface area (TPSA) is 35.9 Å². The van der Waals surface area contributed by atoms with Gasteiger partial charge in [0.15, 0.2) is 0 Å². The van der Waals surface area contributed by atoms with E-state index in [0.29, 0.717) is 22.7 Å². The van der Waals surface area contributed by atoms with Crippen LogP contribution in [-0.4, -0.2) is 14.1 Å². The van der Waals surface area contributed by atoms with Crippen LogP contribution in [0.4, 0.5) is 0 Å². The summed E-state index contributed by atoms with van der Waals surface area (Å²) >= 11 is 0. The minimum Gasteiger partial charge on any atom is -0.510 e. The Morgan fingerprint density at radius 3 is 1.70 bits per heavy atom. The van der Waals surface area contributed by atoms with Crippen molar-refractivity contribution in [2.75, 3.05) is 0 Å². The Morgan fingerprint density at radius 2 is 1.06 bits per heavy atom. The van der Waals surface area contributed by atoms with Gasteiger partial charge >= 0.3 is 0 Å². The van der Waals surface area contributed by atoms with E-state index in [9.17, 15) is 0 Å². The molecule has 0 N–H and O–H groups in total. The third-order valence-corrected chi connectivity index (χ3v) is 16.6. The molecule has 0 radical (unpaired) electrons. The summed E-state index contributed by atoms with van der Waals surface area (Å²) in [5.41, 5.74) is 16.9. The summed E-state index contributed by atoms with van der Waals surface area (Å²) in [6, 6.07) is 67.2. The first-order valence-electron chi connectivity index (χ1n) is 31.8. The summed E-state index contributed by atoms with van der Waals surface area (Å²) < 4.78 is 66.4. The third kappa shape index (κ3) is 9.82. The first-order valence-corrected chi connectivity index (χ1v) is 28.8. The van der Waals surface area contributed by atoms with E-state index in [-0.39, 0.29) is 54.0 Å². The van der Waals surface area contributed by atoms with Gasteiger partial charge in [-0.25, -0.2) is 4.98 Å². The van der Waals surface area contributed by atoms with Crippen molar-refractivity contribution in [2.24, 2.45) is 0 Å². The van der Waals surface area contributed by atoms with Gasteiger partial charge in [0.05, 0.1) is 16.7 Å². The van der Waals surface area contributed by atoms with Crippen LogP contribution in [0.5, 0.6) is 11.5 Å². The summed E-state index contributed by atoms with van der Waals surface area (Å²) in [5, 5.41) is 2.11. The number of para-hydroxylation sites is 1. The van der Waals surface area contributed by atoms with E-state index >= 15 is 0 Å². The molecule has 13 rings (SSSR count). The first-order chi connectivity index (χ1) is 41.9. The number of rotatable bonds is 6. The predicted molar refractivity (Wildman–Crippen MR) is 345 cm³/mol. The summed E-state index contributed by atoms with van der Waals surface area (Å²) in [5.74, 6) is 1.78. The molecule has 6 heteroatoms. The fourth-order valence-corrected chi connectivity index (χ4v) is 12.1. The number of fused-ring (bicyclic) bond motifs is 10. The molecule has 0 spiro atoms. The van der Waals surface area contributed by atoms with Crippen LogP contribution in [0.1, 0.15) is 125 Å². The number of hydrogen-bond acceptors (Lipinski definition) is 2. The van der Waals surface area contributed by atoms with Crippen molar-refractivity contribution in [3.05, 3.63) is 234 Å². The van der Waals surface area contributed by atoms with E-state index < -0.39 is 19.1 Å². The van der Waals surface area contributed by atoms with Crippen molar-refractivity contribution in [3.8, 4) is 84.3 Å². The van der Waals surface area contributed by atoms with Gasteiger partial charge in [-0.3, -0.25) is 4.57 Å². The molecule has 1 aliphatic rings. The Labute approximate surface area is 519 Å². The van der Waals surface area contributed by atoms with Crippen LogP contribution < -0.4 is 9.30 Å². The zero-order valence-electron chi connectivity index (χ0n) is 55.8. The van der Waals surface area contributed by atoms with Gasteiger partial charge in [-0.15, -0.1) is 29.7 Å². The van der Waals surface area contributed by atoms with Crippen LogP contribution in [0.15, 0.2) is 182 Å². The predicted octanol–water partition coefficient (Wildman–Crippen LogP) is 20.0. The van der Waals surface area contributed by atoms with Crippen molar-refractivity contribution < 1.29 is 38.6 Å². The van der Waals surface area contributed by atoms with E-state index in [2.05, 4.69) is 231 Å². The molecule has 1 aliphatic heterocycles. The van der Waals surface area contributed by atoms with Crippen LogP contribution in [0.25, 0.3) is 106 Å². The standard InChI is InChI=1S/C78H72N4O.Pt/c1-48-23-21-24-49(2)72(48)52-40-65-61-29-17-15-27-59(61)60-28-16-18-30-62(60)66-39-51(50-37-54(76(6,7)8)43-55(38-50)77(9,10)11)42-70-74(66)81(73(65)67(41-52)78(12,13)14)47-80(70)56-25-22-26-57(45-56)83-58-33-34-64-63-31-19-20-32-68(63)82(69(64)46-58)71-44-53(35-36-79-71)75(3,4)5;/h15-44H,1-14H3;/q-2;/i1D3,2D3;. The fourth-order valence-electron chi connectivity index (χ4n) is 12.1. The van der Waals surface area contributed by atoms with Gasteiger partial charge in [0.2, 0.25) is 0 Å². The number of ether oxygens (including phenoxy) is 1. The SMILES string of the molecule is [2H]C([2H])([2H])c1cccc(C([2H])([2H])[2H])c1-c1cc2c(c(C(C)(C)C)c1)-[n+]1[c-]n(-c3[c-]c(Oc4[c-]c5c(cc4)c4ccccc4n5-c4cc(C(C)(C)C)ccn4)ccc3)c3cc(-c4cc(C(C)(C)C)cc(C(C)(C)C)c4)cc(c31)-c1ccccc1-c1ccccc1-2.[Pt]. The van der Waals surface area contributed by atoms with Crippen molar-refractivity contribution in [1.82, 2.24) is 14.1 Å². The van der Waals surface area contributed by atoms with Crippen LogP contribution in [-0.2, 0) is 42.7 Å². The zero-order chi connectivity index (χ0) is 63.1. The van der Waals surface area contributed by atoms with E-state index in [1.165, 1.54) is 28.8 Å². The molecule has 9 aromatic carbocycles. The van der Waals surface area contributed by atoms with Gasteiger partial charge in [0.1, 0.15) is 5.82 Å². The van der Waals surface area contributed by atoms with Crippen LogP contribution in [0.3, 0.4) is 0 Å². The molecule has 12 aromatic rings. The molecule has 0 unspecified atom stereocenters. The Balaban J connectivity index is 0.00000785. The van der Waals surface area contributed by atoms with E-state index in [4.69, 9.17) is 17.9 Å². The molecule has 0 bridgehead atoms. The van der Waals surface area contributed by atoms with Crippen molar-refractivity contribution in [3.63, 3.8) is 0 Å². The van der Waals surface area contributed by atoms with E-state index in [1.807, 2.05) is 48.7 Å². The molecular weight excluding hydrogens is 1200 g/mol. The number of aromatic nitrogens is 4. The summed E-state index contributed by atoms with van der Waals surface area (Å²) in [4.78, 5) is 4.92. The average molecular weight is 1280 g/mol. The second-order valence-corrected chi connectivity index (χ2v) is 26.5. The maximum absolute atomic E-state index is 8.84. The summed E-state index contributed by atoms with van der Waals surface area (Å²) in [6.45, 7) is 21.4.